The summed E-state index contributed by atoms with van der Waals surface area (Å²) in [4.78, 5) is 0. The van der Waals surface area contributed by atoms with Crippen molar-refractivity contribution in [3.63, 3.8) is 0 Å². The lowest BCUT2D eigenvalue weighted by molar-refractivity contribution is 0.367. The van der Waals surface area contributed by atoms with E-state index in [4.69, 9.17) is 26.3 Å². The second-order valence-electron chi connectivity index (χ2n) is 3.47. The summed E-state index contributed by atoms with van der Waals surface area (Å²) in [6.07, 6.45) is 0. The van der Waals surface area contributed by atoms with E-state index >= 15 is 0 Å². The van der Waals surface area contributed by atoms with Crippen LogP contribution in [0.1, 0.15) is 0 Å². The molecule has 4 heteroatoms. The summed E-state index contributed by atoms with van der Waals surface area (Å²) in [5.74, 6) is 2.05. The van der Waals surface area contributed by atoms with Crippen LogP contribution >= 0.6 is 11.6 Å². The maximum Gasteiger partial charge on any atom is 0.174 e. The van der Waals surface area contributed by atoms with E-state index in [0.29, 0.717) is 22.3 Å². The lowest BCUT2D eigenvalue weighted by Crippen LogP contribution is -1.92. The molecule has 2 aromatic rings. The number of hydrogen-bond donors (Lipinski definition) is 0. The molecule has 0 aliphatic carbocycles. The van der Waals surface area contributed by atoms with Gasteiger partial charge < -0.3 is 9.47 Å². The van der Waals surface area contributed by atoms with Crippen LogP contribution < -0.4 is 9.47 Å². The lowest BCUT2D eigenvalue weighted by atomic mass is 10.3. The van der Waals surface area contributed by atoms with Crippen molar-refractivity contribution in [3.8, 4) is 23.3 Å². The third-order valence-electron chi connectivity index (χ3n) is 2.18. The summed E-state index contributed by atoms with van der Waals surface area (Å²) in [7, 11) is 0. The van der Waals surface area contributed by atoms with E-state index in [2.05, 4.69) is 0 Å². The third kappa shape index (κ3) is 3.41. The van der Waals surface area contributed by atoms with Gasteiger partial charge in [0.05, 0.1) is 0 Å². The minimum absolute atomic E-state index is 0.0391. The molecule has 0 radical (unpaired) electrons. The molecule has 0 bridgehead atoms. The highest BCUT2D eigenvalue weighted by Crippen LogP contribution is 2.24. The molecule has 90 valence electrons. The number of ether oxygens (including phenoxy) is 2. The summed E-state index contributed by atoms with van der Waals surface area (Å²) >= 11 is 5.79. The van der Waals surface area contributed by atoms with Crippen LogP contribution in [0.25, 0.3) is 0 Å². The molecule has 0 fully saturated rings. The maximum absolute atomic E-state index is 8.39. The first-order valence-corrected chi connectivity index (χ1v) is 5.69. The Morgan fingerprint density at radius 3 is 1.94 bits per heavy atom. The highest BCUT2D eigenvalue weighted by molar-refractivity contribution is 6.30. The van der Waals surface area contributed by atoms with E-state index in [1.54, 1.807) is 48.5 Å². The monoisotopic (exact) mass is 259 g/mol. The van der Waals surface area contributed by atoms with E-state index in [1.807, 2.05) is 6.07 Å². The number of halogens is 1. The van der Waals surface area contributed by atoms with Crippen LogP contribution in [-0.4, -0.2) is 6.61 Å². The van der Waals surface area contributed by atoms with Gasteiger partial charge in [0, 0.05) is 5.02 Å². The van der Waals surface area contributed by atoms with E-state index in [-0.39, 0.29) is 6.61 Å². The third-order valence-corrected chi connectivity index (χ3v) is 2.43. The normalized spacial score (nSPS) is 9.56. The molecular weight excluding hydrogens is 250 g/mol. The van der Waals surface area contributed by atoms with Crippen molar-refractivity contribution in [3.05, 3.63) is 53.6 Å². The Bertz CT molecular complexity index is 544. The Morgan fingerprint density at radius 1 is 0.889 bits per heavy atom. The van der Waals surface area contributed by atoms with Crippen molar-refractivity contribution >= 4 is 11.6 Å². The van der Waals surface area contributed by atoms with Crippen molar-refractivity contribution in [1.82, 2.24) is 0 Å². The zero-order valence-electron chi connectivity index (χ0n) is 9.47. The zero-order valence-corrected chi connectivity index (χ0v) is 10.2. The van der Waals surface area contributed by atoms with Gasteiger partial charge in [-0.3, -0.25) is 0 Å². The Morgan fingerprint density at radius 2 is 1.39 bits per heavy atom. The van der Waals surface area contributed by atoms with Crippen LogP contribution in [0.3, 0.4) is 0 Å². The fraction of sp³-hybridized carbons (Fsp3) is 0.0714. The highest BCUT2D eigenvalue weighted by atomic mass is 35.5. The number of hydrogen-bond acceptors (Lipinski definition) is 3. The van der Waals surface area contributed by atoms with Gasteiger partial charge in [-0.1, -0.05) is 11.6 Å². The largest absolute Gasteiger partial charge is 0.479 e. The molecular formula is C14H10ClNO2. The summed E-state index contributed by atoms with van der Waals surface area (Å²) in [6, 6.07) is 16.1. The second kappa shape index (κ2) is 5.95. The Hall–Kier alpha value is -2.18. The standard InChI is InChI=1S/C14H10ClNO2/c15-11-1-3-13(4-2-11)18-14-7-5-12(6-8-14)17-10-9-16/h1-8H,10H2. The molecule has 2 aromatic carbocycles. The topological polar surface area (TPSA) is 42.2 Å². The molecule has 0 saturated heterocycles. The van der Waals surface area contributed by atoms with Crippen LogP contribution in [0.4, 0.5) is 0 Å². The Kier molecular flexibility index (Phi) is 4.06. The second-order valence-corrected chi connectivity index (χ2v) is 3.91. The van der Waals surface area contributed by atoms with Crippen molar-refractivity contribution in [1.29, 1.82) is 5.26 Å². The molecule has 0 heterocycles. The van der Waals surface area contributed by atoms with E-state index in [0.717, 1.165) is 0 Å². The first-order chi connectivity index (χ1) is 8.78. The predicted octanol–water partition coefficient (Wildman–Crippen LogP) is 4.03. The van der Waals surface area contributed by atoms with Gasteiger partial charge in [0.2, 0.25) is 0 Å². The molecule has 0 aliphatic rings. The number of rotatable bonds is 4. The quantitative estimate of drug-likeness (QED) is 0.832. The van der Waals surface area contributed by atoms with E-state index in [9.17, 15) is 0 Å². The Labute approximate surface area is 110 Å². The van der Waals surface area contributed by atoms with Gasteiger partial charge >= 0.3 is 0 Å². The number of benzene rings is 2. The molecule has 3 nitrogen and oxygen atoms in total. The molecule has 2 rings (SSSR count). The molecule has 0 unspecified atom stereocenters. The van der Waals surface area contributed by atoms with Gasteiger partial charge in [-0.05, 0) is 48.5 Å². The minimum atomic E-state index is 0.0391. The molecule has 0 aromatic heterocycles. The van der Waals surface area contributed by atoms with Crippen LogP contribution in [-0.2, 0) is 0 Å². The molecule has 0 aliphatic heterocycles. The van der Waals surface area contributed by atoms with Gasteiger partial charge in [-0.2, -0.15) is 5.26 Å². The molecule has 0 saturated carbocycles. The van der Waals surface area contributed by atoms with Gasteiger partial charge in [0.15, 0.2) is 6.61 Å². The average molecular weight is 260 g/mol. The van der Waals surface area contributed by atoms with E-state index < -0.39 is 0 Å². The fourth-order valence-corrected chi connectivity index (χ4v) is 1.48. The van der Waals surface area contributed by atoms with Crippen molar-refractivity contribution in [2.24, 2.45) is 0 Å². The SMILES string of the molecule is N#CCOc1ccc(Oc2ccc(Cl)cc2)cc1. The van der Waals surface area contributed by atoms with Crippen LogP contribution in [0.15, 0.2) is 48.5 Å². The summed E-state index contributed by atoms with van der Waals surface area (Å²) in [5.41, 5.74) is 0. The minimum Gasteiger partial charge on any atom is -0.479 e. The van der Waals surface area contributed by atoms with Crippen molar-refractivity contribution in [2.45, 2.75) is 0 Å². The first kappa shape index (κ1) is 12.3. The van der Waals surface area contributed by atoms with Crippen molar-refractivity contribution < 1.29 is 9.47 Å². The summed E-state index contributed by atoms with van der Waals surface area (Å²) in [5, 5.41) is 9.06. The molecule has 0 atom stereocenters. The highest BCUT2D eigenvalue weighted by Gasteiger charge is 1.98. The van der Waals surface area contributed by atoms with Gasteiger partial charge in [0.25, 0.3) is 0 Å². The lowest BCUT2D eigenvalue weighted by Gasteiger charge is -2.06. The average Bonchev–Trinajstić information content (AvgIpc) is 2.41. The predicted molar refractivity (Wildman–Crippen MR) is 69.1 cm³/mol. The summed E-state index contributed by atoms with van der Waals surface area (Å²) < 4.78 is 10.8. The van der Waals surface area contributed by atoms with Crippen molar-refractivity contribution in [2.75, 3.05) is 6.61 Å². The van der Waals surface area contributed by atoms with Gasteiger partial charge in [-0.15, -0.1) is 0 Å². The van der Waals surface area contributed by atoms with Crippen LogP contribution in [0.5, 0.6) is 17.2 Å². The summed E-state index contributed by atoms with van der Waals surface area (Å²) in [6.45, 7) is 0.0391. The van der Waals surface area contributed by atoms with Gasteiger partial charge in [-0.25, -0.2) is 0 Å². The van der Waals surface area contributed by atoms with Crippen LogP contribution in [0, 0.1) is 11.3 Å². The first-order valence-electron chi connectivity index (χ1n) is 5.31. The number of nitriles is 1. The van der Waals surface area contributed by atoms with E-state index in [1.165, 1.54) is 0 Å². The Balaban J connectivity index is 2.02. The van der Waals surface area contributed by atoms with Crippen LogP contribution in [0.2, 0.25) is 5.02 Å². The molecule has 0 spiro atoms. The number of nitrogens with zero attached hydrogens (tertiary/aromatic N) is 1. The fourth-order valence-electron chi connectivity index (χ4n) is 1.36. The molecule has 18 heavy (non-hydrogen) atoms. The van der Waals surface area contributed by atoms with Gasteiger partial charge in [0.1, 0.15) is 23.3 Å². The maximum atomic E-state index is 8.39. The molecule has 0 N–H and O–H groups in total. The smallest absolute Gasteiger partial charge is 0.174 e. The zero-order chi connectivity index (χ0) is 12.8. The molecule has 0 amide bonds.